The van der Waals surface area contributed by atoms with Gasteiger partial charge < -0.3 is 10.1 Å². The SMILES string of the molecule is CCCC(CCOc1ccccc1)CNCC(C)C. The number of nitrogens with one attached hydrogen (secondary N) is 1. The van der Waals surface area contributed by atoms with Crippen molar-refractivity contribution in [1.29, 1.82) is 0 Å². The number of rotatable bonds is 10. The third-order valence-electron chi connectivity index (χ3n) is 3.22. The third kappa shape index (κ3) is 7.89. The summed E-state index contributed by atoms with van der Waals surface area (Å²) in [4.78, 5) is 0. The van der Waals surface area contributed by atoms with Gasteiger partial charge in [-0.15, -0.1) is 0 Å². The van der Waals surface area contributed by atoms with Crippen LogP contribution in [0.25, 0.3) is 0 Å². The molecule has 0 aromatic heterocycles. The highest BCUT2D eigenvalue weighted by Gasteiger charge is 2.08. The Morgan fingerprint density at radius 2 is 1.79 bits per heavy atom. The van der Waals surface area contributed by atoms with Crippen LogP contribution in [0.1, 0.15) is 40.0 Å². The smallest absolute Gasteiger partial charge is 0.119 e. The fourth-order valence-electron chi connectivity index (χ4n) is 2.19. The number of hydrogen-bond donors (Lipinski definition) is 1. The molecule has 0 aliphatic rings. The first-order valence-electron chi connectivity index (χ1n) is 7.61. The molecule has 0 fully saturated rings. The molecule has 0 bridgehead atoms. The van der Waals surface area contributed by atoms with Crippen molar-refractivity contribution in [3.8, 4) is 5.75 Å². The Hall–Kier alpha value is -1.02. The Morgan fingerprint density at radius 3 is 2.42 bits per heavy atom. The summed E-state index contributed by atoms with van der Waals surface area (Å²) in [6.45, 7) is 9.80. The molecule has 0 spiro atoms. The molecule has 1 N–H and O–H groups in total. The Bertz CT molecular complexity index is 310. The molecular formula is C17H29NO. The van der Waals surface area contributed by atoms with Crippen molar-refractivity contribution >= 4 is 0 Å². The van der Waals surface area contributed by atoms with Gasteiger partial charge in [0, 0.05) is 0 Å². The Morgan fingerprint density at radius 1 is 1.05 bits per heavy atom. The molecule has 0 aliphatic carbocycles. The lowest BCUT2D eigenvalue weighted by molar-refractivity contribution is 0.266. The van der Waals surface area contributed by atoms with Crippen LogP contribution in [0.15, 0.2) is 30.3 Å². The van der Waals surface area contributed by atoms with Gasteiger partial charge >= 0.3 is 0 Å². The second-order valence-electron chi connectivity index (χ2n) is 5.66. The van der Waals surface area contributed by atoms with E-state index in [2.05, 4.69) is 26.1 Å². The zero-order valence-corrected chi connectivity index (χ0v) is 12.7. The fraction of sp³-hybridized carbons (Fsp3) is 0.647. The van der Waals surface area contributed by atoms with Crippen LogP contribution in [0.3, 0.4) is 0 Å². The maximum Gasteiger partial charge on any atom is 0.119 e. The van der Waals surface area contributed by atoms with E-state index in [4.69, 9.17) is 4.74 Å². The minimum Gasteiger partial charge on any atom is -0.494 e. The van der Waals surface area contributed by atoms with Gasteiger partial charge in [-0.3, -0.25) is 0 Å². The molecule has 1 aromatic carbocycles. The van der Waals surface area contributed by atoms with E-state index in [0.29, 0.717) is 0 Å². The van der Waals surface area contributed by atoms with Crippen LogP contribution in [-0.2, 0) is 0 Å². The Balaban J connectivity index is 2.21. The Kier molecular flexibility index (Phi) is 8.31. The van der Waals surface area contributed by atoms with Gasteiger partial charge in [-0.1, -0.05) is 45.4 Å². The van der Waals surface area contributed by atoms with Crippen molar-refractivity contribution in [3.05, 3.63) is 30.3 Å². The largest absolute Gasteiger partial charge is 0.494 e. The van der Waals surface area contributed by atoms with Crippen LogP contribution in [0.5, 0.6) is 5.75 Å². The quantitative estimate of drug-likeness (QED) is 0.685. The maximum atomic E-state index is 5.78. The topological polar surface area (TPSA) is 21.3 Å². The van der Waals surface area contributed by atoms with E-state index < -0.39 is 0 Å². The predicted octanol–water partition coefficient (Wildman–Crippen LogP) is 4.12. The van der Waals surface area contributed by atoms with Crippen molar-refractivity contribution in [1.82, 2.24) is 5.32 Å². The molecule has 0 aliphatic heterocycles. The van der Waals surface area contributed by atoms with E-state index in [0.717, 1.165) is 43.7 Å². The standard InChI is InChI=1S/C17H29NO/c1-4-8-16(14-18-13-15(2)3)11-12-19-17-9-6-5-7-10-17/h5-7,9-10,15-16,18H,4,8,11-14H2,1-3H3. The summed E-state index contributed by atoms with van der Waals surface area (Å²) in [6, 6.07) is 10.1. The molecule has 1 unspecified atom stereocenters. The summed E-state index contributed by atoms with van der Waals surface area (Å²) in [5, 5.41) is 3.56. The van der Waals surface area contributed by atoms with Gasteiger partial charge in [0.25, 0.3) is 0 Å². The van der Waals surface area contributed by atoms with Crippen molar-refractivity contribution in [2.24, 2.45) is 11.8 Å². The van der Waals surface area contributed by atoms with Gasteiger partial charge in [-0.05, 0) is 49.9 Å². The number of ether oxygens (including phenoxy) is 1. The molecule has 108 valence electrons. The molecule has 0 radical (unpaired) electrons. The molecule has 2 nitrogen and oxygen atoms in total. The highest BCUT2D eigenvalue weighted by Crippen LogP contribution is 2.13. The van der Waals surface area contributed by atoms with Gasteiger partial charge in [0.1, 0.15) is 5.75 Å². The summed E-state index contributed by atoms with van der Waals surface area (Å²) in [5.41, 5.74) is 0. The third-order valence-corrected chi connectivity index (χ3v) is 3.22. The van der Waals surface area contributed by atoms with Crippen molar-refractivity contribution in [2.45, 2.75) is 40.0 Å². The van der Waals surface area contributed by atoms with Crippen molar-refractivity contribution in [3.63, 3.8) is 0 Å². The number of hydrogen-bond acceptors (Lipinski definition) is 2. The van der Waals surface area contributed by atoms with Crippen LogP contribution in [0.2, 0.25) is 0 Å². The first-order chi connectivity index (χ1) is 9.22. The first kappa shape index (κ1) is 16.0. The summed E-state index contributed by atoms with van der Waals surface area (Å²) >= 11 is 0. The fourth-order valence-corrected chi connectivity index (χ4v) is 2.19. The normalized spacial score (nSPS) is 12.6. The lowest BCUT2D eigenvalue weighted by atomic mass is 10.00. The summed E-state index contributed by atoms with van der Waals surface area (Å²) in [6.07, 6.45) is 3.66. The maximum absolute atomic E-state index is 5.78. The molecule has 1 rings (SSSR count). The molecule has 1 atom stereocenters. The second kappa shape index (κ2) is 9.85. The molecule has 0 amide bonds. The number of para-hydroxylation sites is 1. The van der Waals surface area contributed by atoms with Crippen LogP contribution in [-0.4, -0.2) is 19.7 Å². The van der Waals surface area contributed by atoms with Crippen LogP contribution >= 0.6 is 0 Å². The number of benzene rings is 1. The zero-order valence-electron chi connectivity index (χ0n) is 12.7. The minimum absolute atomic E-state index is 0.725. The highest BCUT2D eigenvalue weighted by atomic mass is 16.5. The van der Waals surface area contributed by atoms with Crippen LogP contribution in [0, 0.1) is 11.8 Å². The van der Waals surface area contributed by atoms with Gasteiger partial charge in [-0.25, -0.2) is 0 Å². The molecule has 0 saturated heterocycles. The van der Waals surface area contributed by atoms with E-state index in [-0.39, 0.29) is 0 Å². The van der Waals surface area contributed by atoms with Crippen molar-refractivity contribution < 1.29 is 4.74 Å². The molecule has 19 heavy (non-hydrogen) atoms. The van der Waals surface area contributed by atoms with E-state index in [1.54, 1.807) is 0 Å². The second-order valence-corrected chi connectivity index (χ2v) is 5.66. The lowest BCUT2D eigenvalue weighted by Crippen LogP contribution is -2.27. The average Bonchev–Trinajstić information content (AvgIpc) is 2.39. The van der Waals surface area contributed by atoms with E-state index in [1.165, 1.54) is 12.8 Å². The van der Waals surface area contributed by atoms with E-state index in [9.17, 15) is 0 Å². The summed E-state index contributed by atoms with van der Waals surface area (Å²) in [7, 11) is 0. The van der Waals surface area contributed by atoms with Gasteiger partial charge in [0.2, 0.25) is 0 Å². The minimum atomic E-state index is 0.725. The van der Waals surface area contributed by atoms with Crippen LogP contribution in [0.4, 0.5) is 0 Å². The first-order valence-corrected chi connectivity index (χ1v) is 7.61. The Labute approximate surface area is 118 Å². The van der Waals surface area contributed by atoms with E-state index >= 15 is 0 Å². The van der Waals surface area contributed by atoms with Gasteiger partial charge in [0.15, 0.2) is 0 Å². The van der Waals surface area contributed by atoms with Crippen molar-refractivity contribution in [2.75, 3.05) is 19.7 Å². The molecule has 0 heterocycles. The van der Waals surface area contributed by atoms with E-state index in [1.807, 2.05) is 30.3 Å². The highest BCUT2D eigenvalue weighted by molar-refractivity contribution is 5.20. The zero-order chi connectivity index (χ0) is 13.9. The molecule has 1 aromatic rings. The summed E-state index contributed by atoms with van der Waals surface area (Å²) < 4.78 is 5.78. The molecule has 0 saturated carbocycles. The predicted molar refractivity (Wildman–Crippen MR) is 82.7 cm³/mol. The summed E-state index contributed by atoms with van der Waals surface area (Å²) in [5.74, 6) is 2.43. The lowest BCUT2D eigenvalue weighted by Gasteiger charge is -2.18. The molecular weight excluding hydrogens is 234 g/mol. The van der Waals surface area contributed by atoms with Gasteiger partial charge in [-0.2, -0.15) is 0 Å². The average molecular weight is 263 g/mol. The van der Waals surface area contributed by atoms with Gasteiger partial charge in [0.05, 0.1) is 6.61 Å². The molecule has 2 heteroatoms. The monoisotopic (exact) mass is 263 g/mol. The van der Waals surface area contributed by atoms with Crippen LogP contribution < -0.4 is 10.1 Å².